The molecule has 8 heteroatoms. The second-order valence-electron chi connectivity index (χ2n) is 9.95. The number of carbonyl (C=O) groups excluding carboxylic acids is 2. The van der Waals surface area contributed by atoms with E-state index in [0.29, 0.717) is 28.4 Å². The van der Waals surface area contributed by atoms with Gasteiger partial charge in [0.05, 0.1) is 25.5 Å². The third kappa shape index (κ3) is 4.24. The Kier molecular flexibility index (Phi) is 5.54. The number of para-hydroxylation sites is 1. The molecule has 8 nitrogen and oxygen atoms in total. The summed E-state index contributed by atoms with van der Waals surface area (Å²) in [4.78, 5) is 25.9. The molecule has 1 saturated carbocycles. The summed E-state index contributed by atoms with van der Waals surface area (Å²) in [5, 5.41) is 5.88. The maximum Gasteiger partial charge on any atom is 0.343 e. The predicted octanol–water partition coefficient (Wildman–Crippen LogP) is 5.12. The van der Waals surface area contributed by atoms with E-state index in [9.17, 15) is 9.59 Å². The summed E-state index contributed by atoms with van der Waals surface area (Å²) < 4.78 is 20.1. The number of fused-ring (bicyclic) bond motifs is 2. The van der Waals surface area contributed by atoms with Crippen molar-refractivity contribution in [2.24, 2.45) is 5.92 Å². The monoisotopic (exact) mass is 475 g/mol. The molecule has 5 rings (SSSR count). The number of hydrogen-bond donors (Lipinski definition) is 0. The third-order valence-corrected chi connectivity index (χ3v) is 6.13. The van der Waals surface area contributed by atoms with E-state index < -0.39 is 17.5 Å². The molecule has 1 aliphatic carbocycles. The quantitative estimate of drug-likeness (QED) is 0.360. The van der Waals surface area contributed by atoms with Crippen molar-refractivity contribution in [1.29, 1.82) is 0 Å². The van der Waals surface area contributed by atoms with Gasteiger partial charge in [-0.05, 0) is 57.7 Å². The molecule has 0 amide bonds. The molecule has 3 heterocycles. The zero-order chi connectivity index (χ0) is 24.9. The summed E-state index contributed by atoms with van der Waals surface area (Å²) in [5.74, 6) is -0.0943. The van der Waals surface area contributed by atoms with Crippen molar-refractivity contribution in [3.63, 3.8) is 0 Å². The number of aromatic nitrogens is 3. The Morgan fingerprint density at radius 2 is 1.83 bits per heavy atom. The fourth-order valence-electron chi connectivity index (χ4n) is 4.39. The highest BCUT2D eigenvalue weighted by Crippen LogP contribution is 2.39. The first-order chi connectivity index (χ1) is 16.7. The lowest BCUT2D eigenvalue weighted by atomic mass is 10.1. The summed E-state index contributed by atoms with van der Waals surface area (Å²) in [6.45, 7) is 6.32. The summed E-state index contributed by atoms with van der Waals surface area (Å²) in [6, 6.07) is 11.8. The van der Waals surface area contributed by atoms with Crippen LogP contribution in [0.15, 0.2) is 42.6 Å². The molecule has 0 atom stereocenters. The van der Waals surface area contributed by atoms with Crippen molar-refractivity contribution in [1.82, 2.24) is 14.2 Å². The number of methoxy groups -OCH3 is 2. The number of pyridine rings is 1. The second-order valence-corrected chi connectivity index (χ2v) is 9.95. The van der Waals surface area contributed by atoms with Crippen molar-refractivity contribution in [2.45, 2.75) is 45.8 Å². The van der Waals surface area contributed by atoms with Gasteiger partial charge in [-0.3, -0.25) is 0 Å². The number of rotatable bonds is 6. The molecule has 4 aromatic rings. The van der Waals surface area contributed by atoms with E-state index in [1.165, 1.54) is 31.6 Å². The maximum atomic E-state index is 13.6. The zero-order valence-electron chi connectivity index (χ0n) is 20.6. The van der Waals surface area contributed by atoms with Crippen LogP contribution in [0.3, 0.4) is 0 Å². The Bertz CT molecular complexity index is 1450. The first kappa shape index (κ1) is 23.0. The predicted molar refractivity (Wildman–Crippen MR) is 132 cm³/mol. The maximum absolute atomic E-state index is 13.6. The Labute approximate surface area is 203 Å². The SMILES string of the molecule is COC(=O)c1cc(OC)c2c(C(=O)OC(C)(C)C)c(-c3cc4ccccc4n3CC3CC3)nn2c1. The van der Waals surface area contributed by atoms with Crippen molar-refractivity contribution in [2.75, 3.05) is 14.2 Å². The summed E-state index contributed by atoms with van der Waals surface area (Å²) >= 11 is 0. The van der Waals surface area contributed by atoms with Crippen LogP contribution in [0.25, 0.3) is 27.8 Å². The molecule has 0 bridgehead atoms. The molecular weight excluding hydrogens is 446 g/mol. The molecule has 182 valence electrons. The Balaban J connectivity index is 1.81. The van der Waals surface area contributed by atoms with E-state index >= 15 is 0 Å². The molecule has 1 fully saturated rings. The molecule has 35 heavy (non-hydrogen) atoms. The fourth-order valence-corrected chi connectivity index (χ4v) is 4.39. The van der Waals surface area contributed by atoms with Gasteiger partial charge < -0.3 is 18.8 Å². The first-order valence-corrected chi connectivity index (χ1v) is 11.7. The number of nitrogens with zero attached hydrogens (tertiary/aromatic N) is 3. The summed E-state index contributed by atoms with van der Waals surface area (Å²) in [7, 11) is 2.81. The molecule has 0 spiro atoms. The van der Waals surface area contributed by atoms with E-state index in [4.69, 9.17) is 19.3 Å². The highest BCUT2D eigenvalue weighted by atomic mass is 16.6. The van der Waals surface area contributed by atoms with Crippen LogP contribution < -0.4 is 4.74 Å². The first-order valence-electron chi connectivity index (χ1n) is 11.7. The summed E-state index contributed by atoms with van der Waals surface area (Å²) in [5.41, 5.74) is 2.69. The van der Waals surface area contributed by atoms with E-state index in [2.05, 4.69) is 22.8 Å². The van der Waals surface area contributed by atoms with Crippen LogP contribution in [0, 0.1) is 5.92 Å². The van der Waals surface area contributed by atoms with E-state index in [-0.39, 0.29) is 5.56 Å². The summed E-state index contributed by atoms with van der Waals surface area (Å²) in [6.07, 6.45) is 3.92. The van der Waals surface area contributed by atoms with Crippen LogP contribution in [0.2, 0.25) is 0 Å². The van der Waals surface area contributed by atoms with Gasteiger partial charge in [0.2, 0.25) is 0 Å². The molecule has 1 aromatic carbocycles. The number of esters is 2. The van der Waals surface area contributed by atoms with Crippen molar-refractivity contribution in [3.05, 3.63) is 53.7 Å². The standard InChI is InChI=1S/C27H29N3O5/c1-27(2,3)35-26(32)22-23(28-30-15-18(25(31)34-5)13-21(33-4)24(22)30)20-12-17-8-6-7-9-19(17)29(20)14-16-10-11-16/h6-9,12-13,15-16H,10-11,14H2,1-5H3. The zero-order valence-corrected chi connectivity index (χ0v) is 20.6. The lowest BCUT2D eigenvalue weighted by Crippen LogP contribution is -2.24. The van der Waals surface area contributed by atoms with Crippen LogP contribution in [-0.2, 0) is 16.0 Å². The van der Waals surface area contributed by atoms with Crippen molar-refractivity contribution >= 4 is 28.4 Å². The molecular formula is C27H29N3O5. The normalized spacial score (nSPS) is 13.9. The van der Waals surface area contributed by atoms with Crippen LogP contribution in [-0.4, -0.2) is 45.9 Å². The van der Waals surface area contributed by atoms with Crippen LogP contribution in [0.1, 0.15) is 54.3 Å². The Hall–Kier alpha value is -3.81. The highest BCUT2D eigenvalue weighted by molar-refractivity contribution is 6.06. The number of ether oxygens (including phenoxy) is 3. The Morgan fingerprint density at radius 3 is 2.49 bits per heavy atom. The lowest BCUT2D eigenvalue weighted by molar-refractivity contribution is 0.00722. The number of carbonyl (C=O) groups is 2. The van der Waals surface area contributed by atoms with Gasteiger partial charge in [0.1, 0.15) is 28.1 Å². The highest BCUT2D eigenvalue weighted by Gasteiger charge is 2.32. The van der Waals surface area contributed by atoms with Gasteiger partial charge in [0, 0.05) is 23.6 Å². The second kappa shape index (κ2) is 8.45. The van der Waals surface area contributed by atoms with Gasteiger partial charge in [-0.25, -0.2) is 14.1 Å². The number of benzene rings is 1. The molecule has 0 saturated heterocycles. The molecule has 1 aliphatic rings. The van der Waals surface area contributed by atoms with E-state index in [0.717, 1.165) is 23.1 Å². The van der Waals surface area contributed by atoms with Crippen LogP contribution in [0.4, 0.5) is 0 Å². The van der Waals surface area contributed by atoms with Crippen molar-refractivity contribution in [3.8, 4) is 17.1 Å². The Morgan fingerprint density at radius 1 is 1.09 bits per heavy atom. The van der Waals surface area contributed by atoms with Gasteiger partial charge in [-0.1, -0.05) is 18.2 Å². The average molecular weight is 476 g/mol. The van der Waals surface area contributed by atoms with Crippen LogP contribution in [0.5, 0.6) is 5.75 Å². The smallest absolute Gasteiger partial charge is 0.343 e. The molecule has 0 N–H and O–H groups in total. The minimum atomic E-state index is -0.706. The van der Waals surface area contributed by atoms with Crippen molar-refractivity contribution < 1.29 is 23.8 Å². The van der Waals surface area contributed by atoms with Gasteiger partial charge >= 0.3 is 11.9 Å². The molecule has 3 aromatic heterocycles. The van der Waals surface area contributed by atoms with E-state index in [1.807, 2.05) is 32.9 Å². The van der Waals surface area contributed by atoms with Gasteiger partial charge in [0.25, 0.3) is 0 Å². The molecule has 0 aliphatic heterocycles. The van der Waals surface area contributed by atoms with Crippen LogP contribution >= 0.6 is 0 Å². The average Bonchev–Trinajstić information content (AvgIpc) is 3.44. The fraction of sp³-hybridized carbons (Fsp3) is 0.370. The van der Waals surface area contributed by atoms with Gasteiger partial charge in [-0.2, -0.15) is 5.10 Å². The minimum Gasteiger partial charge on any atom is -0.494 e. The van der Waals surface area contributed by atoms with Gasteiger partial charge in [0.15, 0.2) is 0 Å². The number of hydrogen-bond acceptors (Lipinski definition) is 6. The largest absolute Gasteiger partial charge is 0.494 e. The van der Waals surface area contributed by atoms with E-state index in [1.54, 1.807) is 12.3 Å². The van der Waals surface area contributed by atoms with Gasteiger partial charge in [-0.15, -0.1) is 0 Å². The minimum absolute atomic E-state index is 0.264. The lowest BCUT2D eigenvalue weighted by Gasteiger charge is -2.20. The topological polar surface area (TPSA) is 84.1 Å². The molecule has 0 radical (unpaired) electrons. The molecule has 0 unspecified atom stereocenters. The third-order valence-electron chi connectivity index (χ3n) is 6.13.